The molecule has 3 rings (SSSR count). The van der Waals surface area contributed by atoms with Crippen LogP contribution in [-0.2, 0) is 4.74 Å². The molecule has 3 heteroatoms. The van der Waals surface area contributed by atoms with Crippen LogP contribution >= 0.6 is 0 Å². The molecule has 2 aliphatic carbocycles. The predicted molar refractivity (Wildman–Crippen MR) is 83.1 cm³/mol. The highest BCUT2D eigenvalue weighted by atomic mass is 16.5. The molecule has 116 valence electrons. The van der Waals surface area contributed by atoms with E-state index in [0.717, 1.165) is 6.61 Å². The lowest BCUT2D eigenvalue weighted by molar-refractivity contribution is -0.0100. The molecule has 1 saturated heterocycles. The third kappa shape index (κ3) is 2.90. The highest BCUT2D eigenvalue weighted by molar-refractivity contribution is 5.07. The summed E-state index contributed by atoms with van der Waals surface area (Å²) in [6, 6.07) is 0. The fourth-order valence-electron chi connectivity index (χ4n) is 4.86. The van der Waals surface area contributed by atoms with Gasteiger partial charge in [-0.3, -0.25) is 4.90 Å². The van der Waals surface area contributed by atoms with Crippen molar-refractivity contribution >= 4 is 0 Å². The Morgan fingerprint density at radius 2 is 1.70 bits per heavy atom. The predicted octanol–water partition coefficient (Wildman–Crippen LogP) is 2.94. The standard InChI is InChI=1S/C17H32N2O/c1-20-13-7-12-19-15-16(8-3-2-4-9-16)18-14-17(19)10-5-6-11-17/h18H,2-15H2,1H3. The fraction of sp³-hybridized carbons (Fsp3) is 1.00. The maximum Gasteiger partial charge on any atom is 0.0474 e. The van der Waals surface area contributed by atoms with Crippen molar-refractivity contribution in [2.45, 2.75) is 75.3 Å². The Morgan fingerprint density at radius 3 is 2.40 bits per heavy atom. The zero-order valence-corrected chi connectivity index (χ0v) is 13.3. The lowest BCUT2D eigenvalue weighted by atomic mass is 9.76. The van der Waals surface area contributed by atoms with Gasteiger partial charge < -0.3 is 10.1 Å². The smallest absolute Gasteiger partial charge is 0.0474 e. The second kappa shape index (κ2) is 6.33. The third-order valence-corrected chi connectivity index (χ3v) is 6.08. The molecule has 2 saturated carbocycles. The van der Waals surface area contributed by atoms with Gasteiger partial charge in [-0.25, -0.2) is 0 Å². The Morgan fingerprint density at radius 1 is 1.00 bits per heavy atom. The molecule has 0 radical (unpaired) electrons. The Bertz CT molecular complexity index is 306. The average Bonchev–Trinajstić information content (AvgIpc) is 2.94. The number of piperazine rings is 1. The lowest BCUT2D eigenvalue weighted by Gasteiger charge is -2.55. The zero-order chi connectivity index (χ0) is 13.9. The molecule has 0 unspecified atom stereocenters. The number of methoxy groups -OCH3 is 1. The van der Waals surface area contributed by atoms with E-state index < -0.39 is 0 Å². The number of hydrogen-bond acceptors (Lipinski definition) is 3. The van der Waals surface area contributed by atoms with E-state index in [2.05, 4.69) is 10.2 Å². The summed E-state index contributed by atoms with van der Waals surface area (Å²) in [5, 5.41) is 4.01. The van der Waals surface area contributed by atoms with Gasteiger partial charge in [-0.15, -0.1) is 0 Å². The summed E-state index contributed by atoms with van der Waals surface area (Å²) in [6.45, 7) is 4.67. The van der Waals surface area contributed by atoms with Gasteiger partial charge in [0.1, 0.15) is 0 Å². The molecule has 3 aliphatic rings. The molecular formula is C17H32N2O. The molecule has 1 heterocycles. The zero-order valence-electron chi connectivity index (χ0n) is 13.3. The maximum absolute atomic E-state index is 5.28. The van der Waals surface area contributed by atoms with Crippen LogP contribution in [0.15, 0.2) is 0 Å². The molecule has 3 nitrogen and oxygen atoms in total. The monoisotopic (exact) mass is 280 g/mol. The van der Waals surface area contributed by atoms with Crippen LogP contribution in [0, 0.1) is 0 Å². The fourth-order valence-corrected chi connectivity index (χ4v) is 4.86. The van der Waals surface area contributed by atoms with Crippen molar-refractivity contribution in [3.8, 4) is 0 Å². The van der Waals surface area contributed by atoms with Gasteiger partial charge >= 0.3 is 0 Å². The first kappa shape index (κ1) is 14.8. The maximum atomic E-state index is 5.28. The van der Waals surface area contributed by atoms with Crippen LogP contribution in [0.25, 0.3) is 0 Å². The molecule has 0 bridgehead atoms. The van der Waals surface area contributed by atoms with Crippen molar-refractivity contribution in [2.75, 3.05) is 33.4 Å². The summed E-state index contributed by atoms with van der Waals surface area (Å²) in [6.07, 6.45) is 13.9. The molecule has 0 atom stereocenters. The van der Waals surface area contributed by atoms with Gasteiger partial charge in [-0.2, -0.15) is 0 Å². The molecule has 3 fully saturated rings. The van der Waals surface area contributed by atoms with Crippen LogP contribution < -0.4 is 5.32 Å². The Kier molecular flexibility index (Phi) is 4.68. The summed E-state index contributed by atoms with van der Waals surface area (Å²) in [5.41, 5.74) is 0.926. The number of ether oxygens (including phenoxy) is 1. The van der Waals surface area contributed by atoms with E-state index in [1.807, 2.05) is 7.11 Å². The first-order valence-electron chi connectivity index (χ1n) is 8.78. The van der Waals surface area contributed by atoms with Crippen LogP contribution in [0.4, 0.5) is 0 Å². The van der Waals surface area contributed by atoms with Crippen LogP contribution in [0.5, 0.6) is 0 Å². The van der Waals surface area contributed by atoms with Crippen molar-refractivity contribution in [1.29, 1.82) is 0 Å². The largest absolute Gasteiger partial charge is 0.385 e. The summed E-state index contributed by atoms with van der Waals surface area (Å²) < 4.78 is 5.28. The summed E-state index contributed by atoms with van der Waals surface area (Å²) in [7, 11) is 1.83. The molecule has 1 N–H and O–H groups in total. The van der Waals surface area contributed by atoms with Gasteiger partial charge in [-0.1, -0.05) is 32.1 Å². The van der Waals surface area contributed by atoms with Crippen LogP contribution in [0.1, 0.15) is 64.2 Å². The van der Waals surface area contributed by atoms with Gasteiger partial charge in [0.2, 0.25) is 0 Å². The number of nitrogens with one attached hydrogen (secondary N) is 1. The van der Waals surface area contributed by atoms with Gasteiger partial charge in [0.15, 0.2) is 0 Å². The van der Waals surface area contributed by atoms with E-state index >= 15 is 0 Å². The molecule has 1 aliphatic heterocycles. The average molecular weight is 280 g/mol. The second-order valence-electron chi connectivity index (χ2n) is 7.39. The van der Waals surface area contributed by atoms with Crippen molar-refractivity contribution in [3.05, 3.63) is 0 Å². The van der Waals surface area contributed by atoms with Crippen molar-refractivity contribution in [3.63, 3.8) is 0 Å². The highest BCUT2D eigenvalue weighted by Crippen LogP contribution is 2.41. The Hall–Kier alpha value is -0.120. The SMILES string of the molecule is COCCCN1CC2(CCCCC2)NCC12CCCC2. The molecule has 20 heavy (non-hydrogen) atoms. The molecule has 0 aromatic carbocycles. The number of hydrogen-bond donors (Lipinski definition) is 1. The van der Waals surface area contributed by atoms with Gasteiger partial charge in [0.05, 0.1) is 0 Å². The van der Waals surface area contributed by atoms with Gasteiger partial charge in [0.25, 0.3) is 0 Å². The minimum atomic E-state index is 0.444. The third-order valence-electron chi connectivity index (χ3n) is 6.08. The van der Waals surface area contributed by atoms with Crippen molar-refractivity contribution in [2.24, 2.45) is 0 Å². The highest BCUT2D eigenvalue weighted by Gasteiger charge is 2.48. The van der Waals surface area contributed by atoms with E-state index in [-0.39, 0.29) is 0 Å². The summed E-state index contributed by atoms with van der Waals surface area (Å²) in [4.78, 5) is 2.86. The normalized spacial score (nSPS) is 29.2. The Balaban J connectivity index is 1.68. The minimum Gasteiger partial charge on any atom is -0.385 e. The lowest BCUT2D eigenvalue weighted by Crippen LogP contribution is -2.69. The molecular weight excluding hydrogens is 248 g/mol. The molecule has 0 aromatic rings. The molecule has 0 amide bonds. The van der Waals surface area contributed by atoms with Crippen molar-refractivity contribution < 1.29 is 4.74 Å². The van der Waals surface area contributed by atoms with Crippen LogP contribution in [-0.4, -0.2) is 49.3 Å². The van der Waals surface area contributed by atoms with Crippen LogP contribution in [0.3, 0.4) is 0 Å². The second-order valence-corrected chi connectivity index (χ2v) is 7.39. The van der Waals surface area contributed by atoms with E-state index in [1.165, 1.54) is 83.8 Å². The van der Waals surface area contributed by atoms with E-state index in [4.69, 9.17) is 4.74 Å². The van der Waals surface area contributed by atoms with Gasteiger partial charge in [0, 0.05) is 44.4 Å². The Labute approximate surface area is 124 Å². The minimum absolute atomic E-state index is 0.444. The number of rotatable bonds is 4. The van der Waals surface area contributed by atoms with E-state index in [1.54, 1.807) is 0 Å². The van der Waals surface area contributed by atoms with Crippen molar-refractivity contribution in [1.82, 2.24) is 10.2 Å². The first-order valence-corrected chi connectivity index (χ1v) is 8.78. The van der Waals surface area contributed by atoms with E-state index in [0.29, 0.717) is 11.1 Å². The summed E-state index contributed by atoms with van der Waals surface area (Å²) >= 11 is 0. The topological polar surface area (TPSA) is 24.5 Å². The summed E-state index contributed by atoms with van der Waals surface area (Å²) in [5.74, 6) is 0. The van der Waals surface area contributed by atoms with Crippen LogP contribution in [0.2, 0.25) is 0 Å². The molecule has 2 spiro atoms. The first-order chi connectivity index (χ1) is 9.79. The van der Waals surface area contributed by atoms with E-state index in [9.17, 15) is 0 Å². The number of nitrogens with zero attached hydrogens (tertiary/aromatic N) is 1. The molecule has 0 aromatic heterocycles. The quantitative estimate of drug-likeness (QED) is 0.801. The van der Waals surface area contributed by atoms with Gasteiger partial charge in [-0.05, 0) is 32.1 Å².